The van der Waals surface area contributed by atoms with Gasteiger partial charge in [-0.05, 0) is 73.4 Å². The highest BCUT2D eigenvalue weighted by Crippen LogP contribution is 2.31. The third-order valence-electron chi connectivity index (χ3n) is 8.24. The number of nitrogens with zero attached hydrogens (tertiary/aromatic N) is 2. The van der Waals surface area contributed by atoms with Crippen LogP contribution in [0.1, 0.15) is 42.4 Å². The van der Waals surface area contributed by atoms with Crippen molar-refractivity contribution in [3.63, 3.8) is 0 Å². The van der Waals surface area contributed by atoms with E-state index < -0.39 is 28.5 Å². The smallest absolute Gasteiger partial charge is 0.264 e. The minimum absolute atomic E-state index is 0.00495. The molecular formula is C36H36BrCl2N3O4S. The van der Waals surface area contributed by atoms with Crippen molar-refractivity contribution in [1.82, 2.24) is 10.2 Å². The predicted molar refractivity (Wildman–Crippen MR) is 191 cm³/mol. The fourth-order valence-electron chi connectivity index (χ4n) is 5.80. The molecule has 1 aliphatic carbocycles. The Labute approximate surface area is 295 Å². The van der Waals surface area contributed by atoms with E-state index in [2.05, 4.69) is 21.2 Å². The molecule has 0 radical (unpaired) electrons. The van der Waals surface area contributed by atoms with Crippen molar-refractivity contribution in [3.8, 4) is 0 Å². The standard InChI is InChI=1S/C36H36BrCl2N3O4S/c1-25-14-16-33(17-15-25)47(45,46)42(32-21-29(38)20-30(39)22-32)24-35(43)41(23-27-10-7-11-28(37)18-27)34(19-26-8-3-2-4-9-26)36(44)40-31-12-5-6-13-31/h2-4,7-11,14-18,20-22,31,34H,5-6,12-13,19,23-24H2,1H3,(H,40,44)/t34-/m0/s1. The van der Waals surface area contributed by atoms with Crippen molar-refractivity contribution in [2.24, 2.45) is 0 Å². The number of amides is 2. The third kappa shape index (κ3) is 9.16. The maximum Gasteiger partial charge on any atom is 0.264 e. The van der Waals surface area contributed by atoms with Gasteiger partial charge in [0.2, 0.25) is 11.8 Å². The molecular weight excluding hydrogens is 721 g/mol. The Hall–Kier alpha value is -3.37. The molecule has 4 aromatic carbocycles. The second-order valence-corrected chi connectivity index (χ2v) is 15.5. The molecule has 7 nitrogen and oxygen atoms in total. The van der Waals surface area contributed by atoms with Gasteiger partial charge in [-0.25, -0.2) is 8.42 Å². The molecule has 0 spiro atoms. The Morgan fingerprint density at radius 1 is 0.872 bits per heavy atom. The number of benzene rings is 4. The Morgan fingerprint density at radius 3 is 2.15 bits per heavy atom. The van der Waals surface area contributed by atoms with Crippen LogP contribution in [0.15, 0.2) is 106 Å². The fraction of sp³-hybridized carbons (Fsp3) is 0.278. The van der Waals surface area contributed by atoms with Crippen molar-refractivity contribution in [2.45, 2.75) is 62.6 Å². The first kappa shape index (κ1) is 35.0. The summed E-state index contributed by atoms with van der Waals surface area (Å²) in [5, 5.41) is 3.62. The van der Waals surface area contributed by atoms with Crippen LogP contribution >= 0.6 is 39.1 Å². The van der Waals surface area contributed by atoms with Crippen molar-refractivity contribution >= 4 is 66.7 Å². The maximum atomic E-state index is 14.7. The predicted octanol–water partition coefficient (Wildman–Crippen LogP) is 7.96. The molecule has 1 aliphatic rings. The summed E-state index contributed by atoms with van der Waals surface area (Å²) in [5.41, 5.74) is 2.67. The molecule has 0 aliphatic heterocycles. The number of hydrogen-bond donors (Lipinski definition) is 1. The van der Waals surface area contributed by atoms with Gasteiger partial charge in [-0.3, -0.25) is 13.9 Å². The third-order valence-corrected chi connectivity index (χ3v) is 11.0. The first-order chi connectivity index (χ1) is 22.5. The summed E-state index contributed by atoms with van der Waals surface area (Å²) < 4.78 is 30.3. The van der Waals surface area contributed by atoms with E-state index in [0.717, 1.165) is 51.2 Å². The number of nitrogens with one attached hydrogen (secondary N) is 1. The Morgan fingerprint density at radius 2 is 1.51 bits per heavy atom. The number of rotatable bonds is 12. The molecule has 1 saturated carbocycles. The van der Waals surface area contributed by atoms with Gasteiger partial charge in [0.1, 0.15) is 12.6 Å². The molecule has 0 aromatic heterocycles. The van der Waals surface area contributed by atoms with Gasteiger partial charge in [-0.2, -0.15) is 0 Å². The average Bonchev–Trinajstić information content (AvgIpc) is 3.54. The number of hydrogen-bond acceptors (Lipinski definition) is 4. The van der Waals surface area contributed by atoms with Crippen LogP contribution in [-0.4, -0.2) is 43.8 Å². The zero-order valence-electron chi connectivity index (χ0n) is 25.9. The van der Waals surface area contributed by atoms with Crippen LogP contribution in [0.25, 0.3) is 0 Å². The van der Waals surface area contributed by atoms with E-state index in [1.807, 2.05) is 61.5 Å². The molecule has 0 bridgehead atoms. The van der Waals surface area contributed by atoms with E-state index in [9.17, 15) is 18.0 Å². The topological polar surface area (TPSA) is 86.8 Å². The molecule has 0 saturated heterocycles. The molecule has 11 heteroatoms. The summed E-state index contributed by atoms with van der Waals surface area (Å²) in [6.07, 6.45) is 4.06. The van der Waals surface area contributed by atoms with Crippen molar-refractivity contribution in [3.05, 3.63) is 128 Å². The number of carbonyl (C=O) groups excluding carboxylic acids is 2. The highest BCUT2D eigenvalue weighted by Gasteiger charge is 2.35. The molecule has 1 atom stereocenters. The number of anilines is 1. The van der Waals surface area contributed by atoms with E-state index in [1.54, 1.807) is 12.1 Å². The lowest BCUT2D eigenvalue weighted by molar-refractivity contribution is -0.140. The lowest BCUT2D eigenvalue weighted by Gasteiger charge is -2.34. The lowest BCUT2D eigenvalue weighted by Crippen LogP contribution is -2.54. The van der Waals surface area contributed by atoms with Crippen LogP contribution in [0.3, 0.4) is 0 Å². The van der Waals surface area contributed by atoms with Gasteiger partial charge in [0.25, 0.3) is 10.0 Å². The number of sulfonamides is 1. The molecule has 246 valence electrons. The molecule has 4 aromatic rings. The number of halogens is 3. The van der Waals surface area contributed by atoms with Crippen molar-refractivity contribution in [2.75, 3.05) is 10.8 Å². The molecule has 1 N–H and O–H groups in total. The zero-order valence-corrected chi connectivity index (χ0v) is 29.8. The SMILES string of the molecule is Cc1ccc(S(=O)(=O)N(CC(=O)N(Cc2cccc(Br)c2)[C@@H](Cc2ccccc2)C(=O)NC2CCCC2)c2cc(Cl)cc(Cl)c2)cc1. The summed E-state index contributed by atoms with van der Waals surface area (Å²) in [6, 6.07) is 26.9. The molecule has 5 rings (SSSR count). The number of aryl methyl sites for hydroxylation is 1. The Balaban J connectivity index is 1.58. The van der Waals surface area contributed by atoms with E-state index in [0.29, 0.717) is 0 Å². The maximum absolute atomic E-state index is 14.7. The number of carbonyl (C=O) groups is 2. The molecule has 47 heavy (non-hydrogen) atoms. The second kappa shape index (κ2) is 15.7. The summed E-state index contributed by atoms with van der Waals surface area (Å²) in [4.78, 5) is 30.3. The van der Waals surface area contributed by atoms with Crippen LogP contribution in [-0.2, 0) is 32.6 Å². The summed E-state index contributed by atoms with van der Waals surface area (Å²) in [5.74, 6) is -0.831. The minimum Gasteiger partial charge on any atom is -0.352 e. The summed E-state index contributed by atoms with van der Waals surface area (Å²) in [7, 11) is -4.28. The van der Waals surface area contributed by atoms with E-state index in [1.165, 1.54) is 35.2 Å². The molecule has 1 fully saturated rings. The summed E-state index contributed by atoms with van der Waals surface area (Å²) in [6.45, 7) is 1.34. The van der Waals surface area contributed by atoms with Crippen molar-refractivity contribution in [1.29, 1.82) is 0 Å². The largest absolute Gasteiger partial charge is 0.352 e. The lowest BCUT2D eigenvalue weighted by atomic mass is 10.0. The van der Waals surface area contributed by atoms with Gasteiger partial charge in [-0.1, -0.05) is 112 Å². The van der Waals surface area contributed by atoms with Gasteiger partial charge >= 0.3 is 0 Å². The van der Waals surface area contributed by atoms with Crippen LogP contribution in [0, 0.1) is 6.92 Å². The quantitative estimate of drug-likeness (QED) is 0.159. The van der Waals surface area contributed by atoms with Crippen molar-refractivity contribution < 1.29 is 18.0 Å². The first-order valence-electron chi connectivity index (χ1n) is 15.4. The monoisotopic (exact) mass is 755 g/mol. The molecule has 2 amide bonds. The normalized spacial score (nSPS) is 14.0. The fourth-order valence-corrected chi connectivity index (χ4v) is 8.16. The Bertz CT molecular complexity index is 1800. The van der Waals surface area contributed by atoms with Gasteiger partial charge in [-0.15, -0.1) is 0 Å². The highest BCUT2D eigenvalue weighted by molar-refractivity contribution is 9.10. The van der Waals surface area contributed by atoms with E-state index >= 15 is 0 Å². The van der Waals surface area contributed by atoms with E-state index in [4.69, 9.17) is 23.2 Å². The first-order valence-corrected chi connectivity index (χ1v) is 18.4. The van der Waals surface area contributed by atoms with Gasteiger partial charge in [0, 0.05) is 33.5 Å². The van der Waals surface area contributed by atoms with Gasteiger partial charge < -0.3 is 10.2 Å². The average molecular weight is 758 g/mol. The molecule has 0 heterocycles. The van der Waals surface area contributed by atoms with Crippen LogP contribution in [0.2, 0.25) is 10.0 Å². The van der Waals surface area contributed by atoms with E-state index in [-0.39, 0.29) is 45.5 Å². The molecule has 0 unspecified atom stereocenters. The van der Waals surface area contributed by atoms with Gasteiger partial charge in [0.15, 0.2) is 0 Å². The minimum atomic E-state index is -4.28. The van der Waals surface area contributed by atoms with Crippen LogP contribution in [0.4, 0.5) is 5.69 Å². The second-order valence-electron chi connectivity index (χ2n) is 11.8. The Kier molecular flexibility index (Phi) is 11.7. The zero-order chi connectivity index (χ0) is 33.6. The highest BCUT2D eigenvalue weighted by atomic mass is 79.9. The van der Waals surface area contributed by atoms with Crippen LogP contribution < -0.4 is 9.62 Å². The summed E-state index contributed by atoms with van der Waals surface area (Å²) >= 11 is 16.2. The van der Waals surface area contributed by atoms with Gasteiger partial charge in [0.05, 0.1) is 10.6 Å². The van der Waals surface area contributed by atoms with Crippen LogP contribution in [0.5, 0.6) is 0 Å².